The number of fused-ring (bicyclic) bond motifs is 1. The third kappa shape index (κ3) is 4.49. The van der Waals surface area contributed by atoms with Crippen LogP contribution in [0.4, 0.5) is 51.1 Å². The number of alkyl halides is 9. The molecule has 0 saturated carbocycles. The van der Waals surface area contributed by atoms with E-state index < -0.39 is 46.8 Å². The van der Waals surface area contributed by atoms with E-state index in [1.54, 1.807) is 0 Å². The average Bonchev–Trinajstić information content (AvgIpc) is 2.59. The van der Waals surface area contributed by atoms with Crippen LogP contribution in [0, 0.1) is 0 Å². The number of benzene rings is 1. The monoisotopic (exact) mass is 426 g/mol. The van der Waals surface area contributed by atoms with Crippen LogP contribution in [-0.2, 0) is 18.5 Å². The molecule has 4 nitrogen and oxygen atoms in total. The zero-order valence-electron chi connectivity index (χ0n) is 13.7. The Morgan fingerprint density at radius 3 is 1.83 bits per heavy atom. The molecule has 3 rings (SSSR count). The molecule has 0 radical (unpaired) electrons. The lowest BCUT2D eigenvalue weighted by molar-refractivity contribution is -0.144. The molecule has 2 heterocycles. The molecule has 0 fully saturated rings. The Bertz CT molecular complexity index is 1030. The van der Waals surface area contributed by atoms with Crippen molar-refractivity contribution in [3.8, 4) is 0 Å². The van der Waals surface area contributed by atoms with E-state index in [0.717, 1.165) is 12.1 Å². The SMILES string of the molecule is FC(F)(F)c1ccc(Nc2nc(C(F)(F)F)nc3cc(C(F)(F)F)ccc23)nc1. The van der Waals surface area contributed by atoms with Gasteiger partial charge < -0.3 is 5.32 Å². The number of nitrogens with zero attached hydrogens (tertiary/aromatic N) is 3. The van der Waals surface area contributed by atoms with Crippen LogP contribution in [-0.4, -0.2) is 15.0 Å². The fourth-order valence-corrected chi connectivity index (χ4v) is 2.28. The number of nitrogens with one attached hydrogen (secondary N) is 1. The molecular formula is C16H7F9N4. The highest BCUT2D eigenvalue weighted by Gasteiger charge is 2.37. The van der Waals surface area contributed by atoms with Gasteiger partial charge in [-0.1, -0.05) is 0 Å². The van der Waals surface area contributed by atoms with Gasteiger partial charge in [0.05, 0.1) is 16.6 Å². The predicted octanol–water partition coefficient (Wildman–Crippen LogP) is 5.82. The minimum atomic E-state index is -5.08. The summed E-state index contributed by atoms with van der Waals surface area (Å²) in [4.78, 5) is 9.81. The van der Waals surface area contributed by atoms with Crippen molar-refractivity contribution in [1.29, 1.82) is 0 Å². The molecule has 13 heteroatoms. The van der Waals surface area contributed by atoms with Crippen molar-refractivity contribution >= 4 is 22.5 Å². The molecular weight excluding hydrogens is 419 g/mol. The maximum Gasteiger partial charge on any atom is 0.451 e. The lowest BCUT2D eigenvalue weighted by Gasteiger charge is -2.14. The topological polar surface area (TPSA) is 50.7 Å². The Morgan fingerprint density at radius 1 is 0.690 bits per heavy atom. The third-order valence-electron chi connectivity index (χ3n) is 3.62. The van der Waals surface area contributed by atoms with Crippen molar-refractivity contribution in [2.24, 2.45) is 0 Å². The lowest BCUT2D eigenvalue weighted by Crippen LogP contribution is -2.14. The Kier molecular flexibility index (Phi) is 4.79. The minimum absolute atomic E-state index is 0.215. The standard InChI is InChI=1S/C16H7F9N4/c17-14(18,19)7-1-3-9-10(5-7)27-13(16(23,24)25)29-12(9)28-11-4-2-8(6-26-11)15(20,21)22/h1-6H,(H,26,27,28,29). The minimum Gasteiger partial charge on any atom is -0.324 e. The summed E-state index contributed by atoms with van der Waals surface area (Å²) in [5.74, 6) is -2.59. The van der Waals surface area contributed by atoms with Crippen molar-refractivity contribution in [1.82, 2.24) is 15.0 Å². The van der Waals surface area contributed by atoms with Gasteiger partial charge >= 0.3 is 18.5 Å². The molecule has 0 saturated heterocycles. The summed E-state index contributed by atoms with van der Waals surface area (Å²) >= 11 is 0. The molecule has 0 aliphatic rings. The van der Waals surface area contributed by atoms with Crippen molar-refractivity contribution < 1.29 is 39.5 Å². The zero-order chi connectivity index (χ0) is 21.6. The van der Waals surface area contributed by atoms with Gasteiger partial charge in [-0.15, -0.1) is 0 Å². The predicted molar refractivity (Wildman–Crippen MR) is 82.1 cm³/mol. The molecule has 29 heavy (non-hydrogen) atoms. The van der Waals surface area contributed by atoms with Gasteiger partial charge in [0.15, 0.2) is 0 Å². The van der Waals surface area contributed by atoms with Gasteiger partial charge in [-0.3, -0.25) is 0 Å². The highest BCUT2D eigenvalue weighted by atomic mass is 19.4. The number of pyridine rings is 1. The molecule has 1 N–H and O–H groups in total. The number of halogens is 9. The van der Waals surface area contributed by atoms with Crippen LogP contribution in [0.2, 0.25) is 0 Å². The van der Waals surface area contributed by atoms with Gasteiger partial charge in [-0.2, -0.15) is 39.5 Å². The van der Waals surface area contributed by atoms with Crippen molar-refractivity contribution in [3.05, 3.63) is 53.5 Å². The highest BCUT2D eigenvalue weighted by molar-refractivity contribution is 5.91. The largest absolute Gasteiger partial charge is 0.451 e. The molecule has 2 aromatic heterocycles. The molecule has 0 atom stereocenters. The fraction of sp³-hybridized carbons (Fsp3) is 0.188. The molecule has 0 spiro atoms. The molecule has 1 aromatic carbocycles. The van der Waals surface area contributed by atoms with Gasteiger partial charge in [-0.05, 0) is 30.3 Å². The first kappa shape index (κ1) is 20.6. The smallest absolute Gasteiger partial charge is 0.324 e. The van der Waals surface area contributed by atoms with E-state index in [0.29, 0.717) is 24.4 Å². The Morgan fingerprint density at radius 2 is 1.31 bits per heavy atom. The molecule has 0 amide bonds. The maximum absolute atomic E-state index is 13.0. The van der Waals surface area contributed by atoms with E-state index in [4.69, 9.17) is 0 Å². The molecule has 3 aromatic rings. The van der Waals surface area contributed by atoms with E-state index in [-0.39, 0.29) is 11.2 Å². The summed E-state index contributed by atoms with van der Waals surface area (Å²) in [5.41, 5.74) is -2.98. The summed E-state index contributed by atoms with van der Waals surface area (Å²) < 4.78 is 115. The zero-order valence-corrected chi connectivity index (χ0v) is 13.7. The van der Waals surface area contributed by atoms with Gasteiger partial charge in [0.25, 0.3) is 0 Å². The lowest BCUT2D eigenvalue weighted by atomic mass is 10.1. The second-order valence-corrected chi connectivity index (χ2v) is 5.68. The second-order valence-electron chi connectivity index (χ2n) is 5.68. The quantitative estimate of drug-likeness (QED) is 0.525. The molecule has 154 valence electrons. The van der Waals surface area contributed by atoms with Crippen LogP contribution in [0.25, 0.3) is 10.9 Å². The highest BCUT2D eigenvalue weighted by Crippen LogP contribution is 2.35. The number of anilines is 2. The van der Waals surface area contributed by atoms with E-state index in [2.05, 4.69) is 20.3 Å². The van der Waals surface area contributed by atoms with E-state index in [1.165, 1.54) is 0 Å². The molecule has 0 aliphatic heterocycles. The van der Waals surface area contributed by atoms with Gasteiger partial charge in [0.1, 0.15) is 11.6 Å². The maximum atomic E-state index is 13.0. The molecule has 0 aliphatic carbocycles. The Labute approximate surface area is 155 Å². The van der Waals surface area contributed by atoms with Crippen LogP contribution in [0.15, 0.2) is 36.5 Å². The van der Waals surface area contributed by atoms with Crippen molar-refractivity contribution in [3.63, 3.8) is 0 Å². The molecule has 0 unspecified atom stereocenters. The number of rotatable bonds is 2. The van der Waals surface area contributed by atoms with Crippen LogP contribution in [0.5, 0.6) is 0 Å². The second kappa shape index (κ2) is 6.74. The van der Waals surface area contributed by atoms with Gasteiger partial charge in [0.2, 0.25) is 5.82 Å². The summed E-state index contributed by atoms with van der Waals surface area (Å²) in [6, 6.07) is 3.35. The number of hydrogen-bond donors (Lipinski definition) is 1. The van der Waals surface area contributed by atoms with Gasteiger partial charge in [-0.25, -0.2) is 15.0 Å². The molecule has 0 bridgehead atoms. The van der Waals surface area contributed by atoms with Crippen molar-refractivity contribution in [2.45, 2.75) is 18.5 Å². The summed E-state index contributed by atoms with van der Waals surface area (Å²) in [5, 5.41) is 2.07. The number of hydrogen-bond acceptors (Lipinski definition) is 4. The first-order chi connectivity index (χ1) is 13.2. The average molecular weight is 426 g/mol. The van der Waals surface area contributed by atoms with E-state index in [9.17, 15) is 39.5 Å². The fourth-order valence-electron chi connectivity index (χ4n) is 2.28. The first-order valence-corrected chi connectivity index (χ1v) is 7.51. The summed E-state index contributed by atoms with van der Waals surface area (Å²) in [7, 11) is 0. The normalized spacial score (nSPS) is 13.0. The van der Waals surface area contributed by atoms with Crippen LogP contribution in [0.3, 0.4) is 0 Å². The Hall–Kier alpha value is -3.12. The summed E-state index contributed by atoms with van der Waals surface area (Å²) in [6.45, 7) is 0. The first-order valence-electron chi connectivity index (χ1n) is 7.51. The van der Waals surface area contributed by atoms with Crippen LogP contribution in [0.1, 0.15) is 17.0 Å². The number of aromatic nitrogens is 3. The van der Waals surface area contributed by atoms with E-state index in [1.807, 2.05) is 0 Å². The summed E-state index contributed by atoms with van der Waals surface area (Å²) in [6.07, 6.45) is -14.1. The third-order valence-corrected chi connectivity index (χ3v) is 3.62. The Balaban J connectivity index is 2.10. The van der Waals surface area contributed by atoms with Gasteiger partial charge in [0, 0.05) is 11.6 Å². The van der Waals surface area contributed by atoms with Crippen molar-refractivity contribution in [2.75, 3.05) is 5.32 Å². The van der Waals surface area contributed by atoms with E-state index >= 15 is 0 Å². The van der Waals surface area contributed by atoms with Crippen LogP contribution >= 0.6 is 0 Å². The van der Waals surface area contributed by atoms with Crippen LogP contribution < -0.4 is 5.32 Å².